The summed E-state index contributed by atoms with van der Waals surface area (Å²) >= 11 is 13.7. The van der Waals surface area contributed by atoms with Gasteiger partial charge in [0.15, 0.2) is 5.13 Å². The molecule has 0 spiro atoms. The van der Waals surface area contributed by atoms with Gasteiger partial charge in [-0.2, -0.15) is 0 Å². The minimum absolute atomic E-state index is 0.0479. The van der Waals surface area contributed by atoms with Gasteiger partial charge in [0, 0.05) is 39.8 Å². The van der Waals surface area contributed by atoms with Crippen molar-refractivity contribution in [1.29, 1.82) is 0 Å². The Kier molecular flexibility index (Phi) is 11.5. The third kappa shape index (κ3) is 8.11. The third-order valence-electron chi connectivity index (χ3n) is 6.03. The molecule has 39 heavy (non-hydrogen) atoms. The quantitative estimate of drug-likeness (QED) is 0.153. The molecule has 2 N–H and O–H groups in total. The molecule has 0 radical (unpaired) electrons. The summed E-state index contributed by atoms with van der Waals surface area (Å²) in [4.78, 5) is 28.4. The van der Waals surface area contributed by atoms with Crippen LogP contribution in [-0.4, -0.2) is 28.6 Å². The molecule has 1 aromatic heterocycles. The first-order valence-corrected chi connectivity index (χ1v) is 14.4. The van der Waals surface area contributed by atoms with Crippen molar-refractivity contribution >= 4 is 57.6 Å². The van der Waals surface area contributed by atoms with Crippen molar-refractivity contribution < 1.29 is 23.8 Å². The smallest absolute Gasteiger partial charge is 0.331 e. The Morgan fingerprint density at radius 1 is 1.18 bits per heavy atom. The van der Waals surface area contributed by atoms with Crippen LogP contribution in [0.4, 0.5) is 9.52 Å². The number of halogens is 3. The van der Waals surface area contributed by atoms with E-state index in [4.69, 9.17) is 33.0 Å². The predicted molar refractivity (Wildman–Crippen MR) is 156 cm³/mol. The number of thiazole rings is 1. The Balaban J connectivity index is 1.79. The molecular weight excluding hydrogens is 562 g/mol. The molecule has 3 aromatic rings. The van der Waals surface area contributed by atoms with Gasteiger partial charge in [0.25, 0.3) is 5.91 Å². The molecule has 0 saturated heterocycles. The summed E-state index contributed by atoms with van der Waals surface area (Å²) in [6.45, 7) is 6.17. The van der Waals surface area contributed by atoms with Crippen LogP contribution in [0, 0.1) is 5.82 Å². The molecule has 208 valence electrons. The fraction of sp³-hybridized carbons (Fsp3) is 0.345. The Morgan fingerprint density at radius 2 is 1.90 bits per heavy atom. The van der Waals surface area contributed by atoms with Gasteiger partial charge in [-0.15, -0.1) is 11.3 Å². The molecule has 0 fully saturated rings. The topological polar surface area (TPSA) is 88.5 Å². The van der Waals surface area contributed by atoms with E-state index in [0.717, 1.165) is 37.0 Å². The van der Waals surface area contributed by atoms with Crippen molar-refractivity contribution in [2.75, 3.05) is 11.9 Å². The number of carbonyl (C=O) groups excluding carboxylic acids is 1. The number of unbranched alkanes of at least 4 members (excludes halogenated alkanes) is 2. The minimum atomic E-state index is -1.11. The number of hydrogen-bond acceptors (Lipinski definition) is 5. The molecule has 3 rings (SSSR count). The zero-order valence-electron chi connectivity index (χ0n) is 22.0. The van der Waals surface area contributed by atoms with Crippen LogP contribution in [0.25, 0.3) is 17.3 Å². The maximum Gasteiger partial charge on any atom is 0.331 e. The first-order valence-electron chi connectivity index (χ1n) is 12.7. The van der Waals surface area contributed by atoms with Gasteiger partial charge in [-0.3, -0.25) is 10.1 Å². The Bertz CT molecular complexity index is 1340. The van der Waals surface area contributed by atoms with Gasteiger partial charge in [-0.25, -0.2) is 14.2 Å². The van der Waals surface area contributed by atoms with E-state index in [0.29, 0.717) is 35.4 Å². The van der Waals surface area contributed by atoms with Crippen LogP contribution in [0.3, 0.4) is 0 Å². The lowest BCUT2D eigenvalue weighted by Crippen LogP contribution is -2.12. The summed E-state index contributed by atoms with van der Waals surface area (Å²) in [5.74, 6) is -2.00. The second-order valence-corrected chi connectivity index (χ2v) is 10.7. The van der Waals surface area contributed by atoms with Gasteiger partial charge in [-0.1, -0.05) is 68.4 Å². The summed E-state index contributed by atoms with van der Waals surface area (Å²) in [5.41, 5.74) is 1.75. The Labute approximate surface area is 241 Å². The SMILES string of the molecule is CCCCCOC(CCC)c1cccc(-c2csc(NC(=O)c3cc(Cl)c(C=C(C)C(=O)O)c(Cl)c3)n2)c1F. The van der Waals surface area contributed by atoms with Gasteiger partial charge in [0.2, 0.25) is 0 Å². The number of nitrogens with zero attached hydrogens (tertiary/aromatic N) is 1. The average Bonchev–Trinajstić information content (AvgIpc) is 3.36. The number of carboxylic acids is 1. The Hall–Kier alpha value is -2.78. The number of anilines is 1. The molecule has 1 atom stereocenters. The summed E-state index contributed by atoms with van der Waals surface area (Å²) in [7, 11) is 0. The van der Waals surface area contributed by atoms with Crippen molar-refractivity contribution in [3.63, 3.8) is 0 Å². The van der Waals surface area contributed by atoms with Crippen molar-refractivity contribution in [2.24, 2.45) is 0 Å². The molecule has 10 heteroatoms. The first-order chi connectivity index (χ1) is 18.7. The van der Waals surface area contributed by atoms with Crippen LogP contribution in [0.2, 0.25) is 10.0 Å². The van der Waals surface area contributed by atoms with E-state index in [1.807, 2.05) is 6.92 Å². The minimum Gasteiger partial charge on any atom is -0.478 e. The largest absolute Gasteiger partial charge is 0.478 e. The lowest BCUT2D eigenvalue weighted by atomic mass is 10.0. The third-order valence-corrected chi connectivity index (χ3v) is 7.42. The maximum atomic E-state index is 15.6. The number of carboxylic acid groups (broad SMARTS) is 1. The number of hydrogen-bond donors (Lipinski definition) is 2. The van der Waals surface area contributed by atoms with Crippen molar-refractivity contribution in [1.82, 2.24) is 4.98 Å². The average molecular weight is 594 g/mol. The van der Waals surface area contributed by atoms with Crippen molar-refractivity contribution in [3.05, 3.63) is 73.8 Å². The molecule has 0 bridgehead atoms. The maximum absolute atomic E-state index is 15.6. The molecule has 1 amide bonds. The number of rotatable bonds is 13. The highest BCUT2D eigenvalue weighted by atomic mass is 35.5. The molecule has 0 saturated carbocycles. The highest BCUT2D eigenvalue weighted by Gasteiger charge is 2.21. The summed E-state index contributed by atoms with van der Waals surface area (Å²) in [6, 6.07) is 7.99. The summed E-state index contributed by atoms with van der Waals surface area (Å²) < 4.78 is 21.7. The lowest BCUT2D eigenvalue weighted by molar-refractivity contribution is -0.132. The molecule has 1 heterocycles. The molecule has 6 nitrogen and oxygen atoms in total. The highest BCUT2D eigenvalue weighted by Crippen LogP contribution is 2.34. The van der Waals surface area contributed by atoms with Gasteiger partial charge in [0.05, 0.1) is 21.8 Å². The fourth-order valence-corrected chi connectivity index (χ4v) is 5.22. The predicted octanol–water partition coefficient (Wildman–Crippen LogP) is 9.04. The molecule has 1 unspecified atom stereocenters. The van der Waals surface area contributed by atoms with E-state index >= 15 is 4.39 Å². The van der Waals surface area contributed by atoms with Gasteiger partial charge in [0.1, 0.15) is 5.82 Å². The van der Waals surface area contributed by atoms with Gasteiger partial charge < -0.3 is 9.84 Å². The first kappa shape index (κ1) is 30.8. The van der Waals surface area contributed by atoms with E-state index in [1.165, 1.54) is 25.1 Å². The second-order valence-electron chi connectivity index (χ2n) is 9.04. The molecule has 2 aromatic carbocycles. The van der Waals surface area contributed by atoms with Crippen LogP contribution in [0.1, 0.15) is 80.5 Å². The van der Waals surface area contributed by atoms with Crippen LogP contribution >= 0.6 is 34.5 Å². The van der Waals surface area contributed by atoms with Crippen molar-refractivity contribution in [2.45, 2.75) is 59.0 Å². The van der Waals surface area contributed by atoms with Crippen LogP contribution in [0.5, 0.6) is 0 Å². The number of carbonyl (C=O) groups is 2. The highest BCUT2D eigenvalue weighted by molar-refractivity contribution is 7.14. The number of benzene rings is 2. The zero-order valence-corrected chi connectivity index (χ0v) is 24.4. The number of ether oxygens (including phenoxy) is 1. The van der Waals surface area contributed by atoms with Crippen LogP contribution in [-0.2, 0) is 9.53 Å². The van der Waals surface area contributed by atoms with E-state index in [2.05, 4.69) is 17.2 Å². The number of amides is 1. The Morgan fingerprint density at radius 3 is 2.54 bits per heavy atom. The van der Waals surface area contributed by atoms with Crippen LogP contribution in [0.15, 0.2) is 41.3 Å². The van der Waals surface area contributed by atoms with Gasteiger partial charge >= 0.3 is 5.97 Å². The summed E-state index contributed by atoms with van der Waals surface area (Å²) in [6.07, 6.45) is 5.66. The number of aromatic nitrogens is 1. The normalized spacial score (nSPS) is 12.4. The van der Waals surface area contributed by atoms with E-state index in [-0.39, 0.29) is 38.2 Å². The zero-order chi connectivity index (χ0) is 28.5. The van der Waals surface area contributed by atoms with E-state index in [1.54, 1.807) is 23.6 Å². The molecule has 0 aliphatic carbocycles. The molecular formula is C29H31Cl2FN2O4S. The standard InChI is InChI=1S/C29H31Cl2FN2O4S/c1-4-6-7-12-38-25(9-5-2)20-11-8-10-19(26(20)32)24-16-39-29(33-24)34-27(35)18-14-22(30)21(23(31)15-18)13-17(3)28(36)37/h8,10-11,13-16,25H,4-7,9,12H2,1-3H3,(H,36,37)(H,33,34,35). The van der Waals surface area contributed by atoms with Crippen molar-refractivity contribution in [3.8, 4) is 11.3 Å². The molecule has 0 aliphatic heterocycles. The second kappa shape index (κ2) is 14.6. The van der Waals surface area contributed by atoms with Gasteiger partial charge in [-0.05, 0) is 44.0 Å². The van der Waals surface area contributed by atoms with E-state index in [9.17, 15) is 9.59 Å². The number of aliphatic carboxylic acids is 1. The van der Waals surface area contributed by atoms with E-state index < -0.39 is 11.9 Å². The number of nitrogens with one attached hydrogen (secondary N) is 1. The monoisotopic (exact) mass is 592 g/mol. The van der Waals surface area contributed by atoms with Crippen LogP contribution < -0.4 is 5.32 Å². The summed E-state index contributed by atoms with van der Waals surface area (Å²) in [5, 5.41) is 14.0. The lowest BCUT2D eigenvalue weighted by Gasteiger charge is -2.19. The molecule has 0 aliphatic rings. The fourth-order valence-electron chi connectivity index (χ4n) is 3.92.